The number of rotatable bonds is 4. The Morgan fingerprint density at radius 3 is 2.15 bits per heavy atom. The van der Waals surface area contributed by atoms with Gasteiger partial charge in [0.1, 0.15) is 17.6 Å². The average Bonchev–Trinajstić information content (AvgIpc) is 3.46. The number of aliphatic hydroxyl groups excluding tert-OH is 2. The van der Waals surface area contributed by atoms with E-state index in [1.807, 2.05) is 6.92 Å². The Balaban J connectivity index is 1.65. The van der Waals surface area contributed by atoms with Crippen LogP contribution in [0.2, 0.25) is 0 Å². The van der Waals surface area contributed by atoms with E-state index in [9.17, 15) is 39.0 Å². The van der Waals surface area contributed by atoms with Gasteiger partial charge >= 0.3 is 17.7 Å². The van der Waals surface area contributed by atoms with Crippen LogP contribution in [0.3, 0.4) is 0 Å². The quantitative estimate of drug-likeness (QED) is 0.260. The summed E-state index contributed by atoms with van der Waals surface area (Å²) < 4.78 is 29.4. The molecule has 1 amide bonds. The summed E-state index contributed by atoms with van der Waals surface area (Å²) >= 11 is 0. The number of esters is 2. The minimum atomic E-state index is -2.11. The van der Waals surface area contributed by atoms with Crippen molar-refractivity contribution in [3.8, 4) is 11.5 Å². The summed E-state index contributed by atoms with van der Waals surface area (Å²) in [6.45, 7) is 14.2. The number of carbonyl (C=O) groups is 6. The molecule has 5 bridgehead atoms. The highest BCUT2D eigenvalue weighted by molar-refractivity contribution is 6.31. The van der Waals surface area contributed by atoms with E-state index in [4.69, 9.17) is 23.7 Å². The van der Waals surface area contributed by atoms with E-state index in [0.717, 1.165) is 17.9 Å². The molecule has 0 aromatic heterocycles. The molecule has 0 fully saturated rings. The maximum absolute atomic E-state index is 14.3. The van der Waals surface area contributed by atoms with Crippen molar-refractivity contribution in [2.45, 2.75) is 92.5 Å². The van der Waals surface area contributed by atoms with Crippen molar-refractivity contribution in [1.29, 1.82) is 0 Å². The Labute approximate surface area is 342 Å². The molecule has 14 nitrogen and oxygen atoms in total. The Morgan fingerprint density at radius 2 is 1.53 bits per heavy atom. The molecule has 2 aromatic carbocycles. The van der Waals surface area contributed by atoms with Crippen LogP contribution < -0.4 is 14.8 Å². The maximum Gasteiger partial charge on any atom is 0.343 e. The Hall–Kier alpha value is -5.70. The number of aliphatic hydroxyl groups is 2. The number of Topliss-reactive ketones (excluding diaryl/α,β-unsaturated/α-hetero) is 2. The number of fused-ring (bicyclic) bond motifs is 14. The van der Waals surface area contributed by atoms with Crippen LogP contribution in [-0.2, 0) is 23.8 Å². The molecule has 1 aliphatic carbocycles. The maximum atomic E-state index is 14.3. The topological polar surface area (TPSA) is 201 Å². The number of ketones is 3. The summed E-state index contributed by atoms with van der Waals surface area (Å²) in [4.78, 5) is 82.0. The van der Waals surface area contributed by atoms with Crippen LogP contribution in [0.15, 0.2) is 72.2 Å². The molecule has 3 N–H and O–H groups in total. The van der Waals surface area contributed by atoms with Gasteiger partial charge < -0.3 is 39.2 Å². The fourth-order valence-corrected chi connectivity index (χ4v) is 7.58. The summed E-state index contributed by atoms with van der Waals surface area (Å²) in [5.74, 6) is -9.94. The predicted octanol–water partition coefficient (Wildman–Crippen LogP) is 5.45. The van der Waals surface area contributed by atoms with Gasteiger partial charge in [-0.05, 0) is 39.0 Å². The largest absolute Gasteiger partial charge is 0.462 e. The lowest BCUT2D eigenvalue weighted by atomic mass is 9.78. The second-order valence-corrected chi connectivity index (χ2v) is 15.6. The number of amides is 1. The lowest BCUT2D eigenvalue weighted by molar-refractivity contribution is -0.160. The molecule has 3 aliphatic heterocycles. The highest BCUT2D eigenvalue weighted by Crippen LogP contribution is 2.48. The molecule has 0 saturated carbocycles. The van der Waals surface area contributed by atoms with Crippen molar-refractivity contribution in [3.05, 3.63) is 106 Å². The van der Waals surface area contributed by atoms with Crippen molar-refractivity contribution in [1.82, 2.24) is 5.32 Å². The van der Waals surface area contributed by atoms with E-state index < -0.39 is 106 Å². The van der Waals surface area contributed by atoms with Crippen LogP contribution in [0.25, 0.3) is 0 Å². The number of hydrogen-bond donors (Lipinski definition) is 3. The third-order valence-electron chi connectivity index (χ3n) is 11.3. The van der Waals surface area contributed by atoms with Gasteiger partial charge in [0.25, 0.3) is 11.7 Å². The Kier molecular flexibility index (Phi) is 13.3. The van der Waals surface area contributed by atoms with Crippen LogP contribution in [0, 0.1) is 37.5 Å². The van der Waals surface area contributed by atoms with Crippen molar-refractivity contribution >= 4 is 35.2 Å². The van der Waals surface area contributed by atoms with E-state index in [-0.39, 0.29) is 33.8 Å². The fourth-order valence-electron chi connectivity index (χ4n) is 7.58. The number of hydrogen-bond acceptors (Lipinski definition) is 13. The third kappa shape index (κ3) is 8.85. The monoisotopic (exact) mass is 813 g/mol. The molecule has 6 rings (SSSR count). The number of ether oxygens (including phenoxy) is 5. The number of carbonyl (C=O) groups excluding carboxylic acids is 6. The van der Waals surface area contributed by atoms with Gasteiger partial charge in [0.2, 0.25) is 5.78 Å². The first-order valence-corrected chi connectivity index (χ1v) is 19.3. The molecule has 9 atom stereocenters. The van der Waals surface area contributed by atoms with E-state index >= 15 is 0 Å². The number of benzene rings is 2. The Morgan fingerprint density at radius 1 is 0.864 bits per heavy atom. The van der Waals surface area contributed by atoms with Gasteiger partial charge in [0, 0.05) is 61.8 Å². The molecule has 314 valence electrons. The summed E-state index contributed by atoms with van der Waals surface area (Å²) in [6, 6.07) is 6.46. The first-order chi connectivity index (χ1) is 27.7. The molecule has 0 radical (unpaired) electrons. The molecule has 0 spiro atoms. The SMILES string of the molecule is CO[C@H]1C=CO[C@@]2(C)Oc3c(C)c(OC(=O)c4ccc(C)cc4)c4c(c3C2=O)C(=O)C=C(NC(=O)C(C)=CC=C[C@H](C)[C@H](O)[C@@H](C)[C@H](O)[C@H](C)[C@H](OC(C)=O)[C@@H]1C)C4=O. The van der Waals surface area contributed by atoms with Gasteiger partial charge in [-0.1, -0.05) is 63.6 Å². The van der Waals surface area contributed by atoms with Gasteiger partial charge in [-0.3, -0.25) is 24.0 Å². The molecular weight excluding hydrogens is 762 g/mol. The Bertz CT molecular complexity index is 2180. The van der Waals surface area contributed by atoms with Crippen LogP contribution in [0.1, 0.15) is 101 Å². The molecule has 4 aliphatic rings. The molecule has 0 unspecified atom stereocenters. The second-order valence-electron chi connectivity index (χ2n) is 15.6. The zero-order valence-corrected chi connectivity index (χ0v) is 34.8. The zero-order chi connectivity index (χ0) is 43.7. The van der Waals surface area contributed by atoms with E-state index in [1.165, 1.54) is 59.1 Å². The van der Waals surface area contributed by atoms with E-state index in [2.05, 4.69) is 5.32 Å². The van der Waals surface area contributed by atoms with Crippen LogP contribution >= 0.6 is 0 Å². The normalized spacial score (nSPS) is 28.9. The third-order valence-corrected chi connectivity index (χ3v) is 11.3. The zero-order valence-electron chi connectivity index (χ0n) is 34.8. The highest BCUT2D eigenvalue weighted by Gasteiger charge is 2.52. The van der Waals surface area contributed by atoms with E-state index in [0.29, 0.717) is 0 Å². The summed E-state index contributed by atoms with van der Waals surface area (Å²) in [5, 5.41) is 25.2. The standard InChI is InChI=1S/C45H51NO13/c1-21-14-16-29(17-15-21)44(54)58-40-27(7)41-35-33-31(48)20-30(38(51)34(33)40)46-43(53)23(3)13-11-12-22(2)36(49)25(5)37(50)26(6)39(57-28(8)47)24(4)32(55-10)18-19-56-45(9,59-41)42(35)52/h11-20,22,24-26,32,36-37,39,49-50H,1-10H3,(H,46,53)/t22-,24+,25+,26-,32-,36-,37-,39+,45-/m0/s1. The number of methoxy groups -OCH3 is 1. The van der Waals surface area contributed by atoms with Crippen LogP contribution in [0.4, 0.5) is 0 Å². The van der Waals surface area contributed by atoms with Crippen molar-refractivity contribution in [2.75, 3.05) is 7.11 Å². The first-order valence-electron chi connectivity index (χ1n) is 19.3. The number of allylic oxidation sites excluding steroid dienone is 4. The molecule has 3 heterocycles. The first kappa shape index (κ1) is 44.4. The van der Waals surface area contributed by atoms with Gasteiger partial charge in [-0.2, -0.15) is 0 Å². The molecule has 59 heavy (non-hydrogen) atoms. The molecule has 2 aromatic rings. The lowest BCUT2D eigenvalue weighted by Crippen LogP contribution is -2.46. The lowest BCUT2D eigenvalue weighted by Gasteiger charge is -2.38. The minimum Gasteiger partial charge on any atom is -0.462 e. The summed E-state index contributed by atoms with van der Waals surface area (Å²) in [5.41, 5.74) is -0.342. The van der Waals surface area contributed by atoms with Crippen molar-refractivity contribution < 1.29 is 62.7 Å². The average molecular weight is 814 g/mol. The van der Waals surface area contributed by atoms with Gasteiger partial charge in [-0.25, -0.2) is 4.79 Å². The number of aryl methyl sites for hydroxylation is 1. The van der Waals surface area contributed by atoms with Gasteiger partial charge in [0.05, 0.1) is 52.5 Å². The second kappa shape index (κ2) is 17.7. The van der Waals surface area contributed by atoms with Crippen LogP contribution in [0.5, 0.6) is 11.5 Å². The van der Waals surface area contributed by atoms with Crippen molar-refractivity contribution in [3.63, 3.8) is 0 Å². The van der Waals surface area contributed by atoms with Gasteiger partial charge in [0.15, 0.2) is 5.78 Å². The van der Waals surface area contributed by atoms with E-state index in [1.54, 1.807) is 52.0 Å². The summed E-state index contributed by atoms with van der Waals surface area (Å²) in [7, 11) is 1.42. The fraction of sp³-hybridized carbons (Fsp3) is 0.422. The predicted molar refractivity (Wildman–Crippen MR) is 214 cm³/mol. The van der Waals surface area contributed by atoms with Gasteiger partial charge in [-0.15, -0.1) is 0 Å². The molecular formula is C45H51NO13. The van der Waals surface area contributed by atoms with Crippen molar-refractivity contribution in [2.24, 2.45) is 23.7 Å². The minimum absolute atomic E-state index is 0.0371. The summed E-state index contributed by atoms with van der Waals surface area (Å²) in [6.07, 6.45) is 4.19. The number of nitrogens with one attached hydrogen (secondary N) is 1. The van der Waals surface area contributed by atoms with Crippen LogP contribution in [-0.4, -0.2) is 82.7 Å². The smallest absolute Gasteiger partial charge is 0.343 e. The highest BCUT2D eigenvalue weighted by atomic mass is 16.7. The molecule has 14 heteroatoms. The molecule has 0 saturated heterocycles.